The van der Waals surface area contributed by atoms with Gasteiger partial charge in [-0.05, 0) is 12.8 Å². The monoisotopic (exact) mass is 170 g/mol. The summed E-state index contributed by atoms with van der Waals surface area (Å²) in [6.45, 7) is 6.81. The lowest BCUT2D eigenvalue weighted by Gasteiger charge is -2.33. The van der Waals surface area contributed by atoms with Gasteiger partial charge in [0.2, 0.25) is 0 Å². The van der Waals surface area contributed by atoms with E-state index in [1.165, 1.54) is 25.7 Å². The molecule has 2 atom stereocenters. The molecule has 72 valence electrons. The van der Waals surface area contributed by atoms with E-state index >= 15 is 0 Å². The molecule has 2 N–H and O–H groups in total. The van der Waals surface area contributed by atoms with Crippen molar-refractivity contribution in [3.8, 4) is 0 Å². The maximum absolute atomic E-state index is 3.59. The molecule has 0 aromatic rings. The molecule has 0 spiro atoms. The summed E-state index contributed by atoms with van der Waals surface area (Å²) >= 11 is 0. The van der Waals surface area contributed by atoms with Crippen LogP contribution in [-0.4, -0.2) is 25.2 Å². The lowest BCUT2D eigenvalue weighted by atomic mass is 9.97. The van der Waals surface area contributed by atoms with E-state index in [0.717, 1.165) is 25.2 Å². The minimum absolute atomic E-state index is 0.726. The van der Waals surface area contributed by atoms with Gasteiger partial charge >= 0.3 is 0 Å². The van der Waals surface area contributed by atoms with Crippen LogP contribution in [-0.2, 0) is 0 Å². The second kappa shape index (κ2) is 5.55. The summed E-state index contributed by atoms with van der Waals surface area (Å²) in [5, 5.41) is 7.18. The number of hydrogen-bond donors (Lipinski definition) is 2. The summed E-state index contributed by atoms with van der Waals surface area (Å²) < 4.78 is 0. The molecular weight excluding hydrogens is 148 g/mol. The molecule has 0 aliphatic carbocycles. The van der Waals surface area contributed by atoms with Crippen LogP contribution in [0.15, 0.2) is 0 Å². The van der Waals surface area contributed by atoms with E-state index in [9.17, 15) is 0 Å². The van der Waals surface area contributed by atoms with E-state index in [4.69, 9.17) is 0 Å². The first-order chi connectivity index (χ1) is 5.88. The first-order valence-electron chi connectivity index (χ1n) is 5.35. The van der Waals surface area contributed by atoms with Gasteiger partial charge in [0, 0.05) is 25.2 Å². The van der Waals surface area contributed by atoms with Gasteiger partial charge in [-0.2, -0.15) is 0 Å². The van der Waals surface area contributed by atoms with Crippen LogP contribution in [0.4, 0.5) is 0 Å². The summed E-state index contributed by atoms with van der Waals surface area (Å²) in [6.07, 6.45) is 5.22. The smallest absolute Gasteiger partial charge is 0.0221 e. The minimum atomic E-state index is 0.726. The summed E-state index contributed by atoms with van der Waals surface area (Å²) in [5.41, 5.74) is 0. The molecule has 1 saturated heterocycles. The lowest BCUT2D eigenvalue weighted by molar-refractivity contribution is 0.291. The highest BCUT2D eigenvalue weighted by Crippen LogP contribution is 2.10. The Morgan fingerprint density at radius 3 is 1.67 bits per heavy atom. The fourth-order valence-electron chi connectivity index (χ4n) is 2.03. The van der Waals surface area contributed by atoms with Crippen molar-refractivity contribution in [2.24, 2.45) is 0 Å². The number of piperazine rings is 1. The van der Waals surface area contributed by atoms with E-state index < -0.39 is 0 Å². The highest BCUT2D eigenvalue weighted by atomic mass is 15.1. The molecule has 0 bridgehead atoms. The molecule has 12 heavy (non-hydrogen) atoms. The standard InChI is InChI=1S/C10H22N2/c1-3-5-9-10(6-4-2)12-8-7-11-9/h9-12H,3-8H2,1-2H3. The van der Waals surface area contributed by atoms with Crippen LogP contribution in [0.25, 0.3) is 0 Å². The van der Waals surface area contributed by atoms with Crippen LogP contribution in [0.2, 0.25) is 0 Å². The van der Waals surface area contributed by atoms with Crippen LogP contribution >= 0.6 is 0 Å². The third-order valence-corrected chi connectivity index (χ3v) is 2.62. The van der Waals surface area contributed by atoms with Crippen LogP contribution < -0.4 is 10.6 Å². The number of rotatable bonds is 4. The normalized spacial score (nSPS) is 30.5. The number of hydrogen-bond acceptors (Lipinski definition) is 2. The predicted octanol–water partition coefficient (Wildman–Crippen LogP) is 1.52. The van der Waals surface area contributed by atoms with Gasteiger partial charge in [-0.3, -0.25) is 0 Å². The first kappa shape index (κ1) is 10.0. The molecule has 2 unspecified atom stereocenters. The van der Waals surface area contributed by atoms with Crippen LogP contribution in [0.1, 0.15) is 39.5 Å². The Labute approximate surface area is 76.1 Å². The summed E-state index contributed by atoms with van der Waals surface area (Å²) in [7, 11) is 0. The topological polar surface area (TPSA) is 24.1 Å². The van der Waals surface area contributed by atoms with Crippen molar-refractivity contribution >= 4 is 0 Å². The van der Waals surface area contributed by atoms with Crippen molar-refractivity contribution in [1.29, 1.82) is 0 Å². The maximum Gasteiger partial charge on any atom is 0.0221 e. The second-order valence-corrected chi connectivity index (χ2v) is 3.70. The molecule has 0 saturated carbocycles. The molecule has 0 aromatic heterocycles. The van der Waals surface area contributed by atoms with Crippen LogP contribution in [0, 0.1) is 0 Å². The van der Waals surface area contributed by atoms with Gasteiger partial charge in [-0.15, -0.1) is 0 Å². The van der Waals surface area contributed by atoms with E-state index in [1.54, 1.807) is 0 Å². The molecule has 1 heterocycles. The average molecular weight is 170 g/mol. The lowest BCUT2D eigenvalue weighted by Crippen LogP contribution is -2.55. The van der Waals surface area contributed by atoms with Gasteiger partial charge in [-0.1, -0.05) is 26.7 Å². The Balaban J connectivity index is 2.31. The molecule has 1 aliphatic heterocycles. The molecule has 0 aromatic carbocycles. The molecule has 1 rings (SSSR count). The second-order valence-electron chi connectivity index (χ2n) is 3.70. The average Bonchev–Trinajstić information content (AvgIpc) is 2.09. The van der Waals surface area contributed by atoms with Crippen molar-refractivity contribution in [3.05, 3.63) is 0 Å². The highest BCUT2D eigenvalue weighted by Gasteiger charge is 2.21. The van der Waals surface area contributed by atoms with Gasteiger partial charge in [-0.25, -0.2) is 0 Å². The Morgan fingerprint density at radius 1 is 0.917 bits per heavy atom. The maximum atomic E-state index is 3.59. The zero-order valence-electron chi connectivity index (χ0n) is 8.40. The molecule has 2 nitrogen and oxygen atoms in total. The molecule has 1 aliphatic rings. The van der Waals surface area contributed by atoms with E-state index in [0.29, 0.717) is 0 Å². The van der Waals surface area contributed by atoms with Gasteiger partial charge in [0.15, 0.2) is 0 Å². The van der Waals surface area contributed by atoms with E-state index in [-0.39, 0.29) is 0 Å². The van der Waals surface area contributed by atoms with Gasteiger partial charge in [0.1, 0.15) is 0 Å². The van der Waals surface area contributed by atoms with Crippen molar-refractivity contribution in [2.75, 3.05) is 13.1 Å². The Kier molecular flexibility index (Phi) is 4.62. The summed E-state index contributed by atoms with van der Waals surface area (Å²) in [6, 6.07) is 1.45. The Morgan fingerprint density at radius 2 is 1.33 bits per heavy atom. The predicted molar refractivity (Wildman–Crippen MR) is 53.4 cm³/mol. The Bertz CT molecular complexity index is 96.4. The fraction of sp³-hybridized carbons (Fsp3) is 1.00. The zero-order valence-corrected chi connectivity index (χ0v) is 8.40. The quantitative estimate of drug-likeness (QED) is 0.668. The van der Waals surface area contributed by atoms with Crippen molar-refractivity contribution in [1.82, 2.24) is 10.6 Å². The fourth-order valence-corrected chi connectivity index (χ4v) is 2.03. The van der Waals surface area contributed by atoms with E-state index in [2.05, 4.69) is 24.5 Å². The molecule has 1 fully saturated rings. The van der Waals surface area contributed by atoms with Gasteiger partial charge in [0.25, 0.3) is 0 Å². The molecule has 0 radical (unpaired) electrons. The van der Waals surface area contributed by atoms with Gasteiger partial charge < -0.3 is 10.6 Å². The minimum Gasteiger partial charge on any atom is -0.311 e. The van der Waals surface area contributed by atoms with Crippen molar-refractivity contribution in [2.45, 2.75) is 51.6 Å². The highest BCUT2D eigenvalue weighted by molar-refractivity contribution is 4.85. The van der Waals surface area contributed by atoms with Crippen molar-refractivity contribution in [3.63, 3.8) is 0 Å². The molecule has 0 amide bonds. The van der Waals surface area contributed by atoms with Gasteiger partial charge in [0.05, 0.1) is 0 Å². The van der Waals surface area contributed by atoms with E-state index in [1.807, 2.05) is 0 Å². The summed E-state index contributed by atoms with van der Waals surface area (Å²) in [5.74, 6) is 0. The SMILES string of the molecule is CCCC1NCCNC1CCC. The largest absolute Gasteiger partial charge is 0.311 e. The third kappa shape index (κ3) is 2.76. The summed E-state index contributed by atoms with van der Waals surface area (Å²) in [4.78, 5) is 0. The molecular formula is C10H22N2. The number of nitrogens with one attached hydrogen (secondary N) is 2. The zero-order chi connectivity index (χ0) is 8.81. The van der Waals surface area contributed by atoms with Crippen molar-refractivity contribution < 1.29 is 0 Å². The third-order valence-electron chi connectivity index (χ3n) is 2.62. The molecule has 2 heteroatoms. The van der Waals surface area contributed by atoms with Crippen LogP contribution in [0.3, 0.4) is 0 Å². The Hall–Kier alpha value is -0.0800. The first-order valence-corrected chi connectivity index (χ1v) is 5.35. The van der Waals surface area contributed by atoms with Crippen LogP contribution in [0.5, 0.6) is 0 Å².